The standard InChI is InChI=1S/C16H19NO4/c1-16(8-12-6-7-13(16)21-12)15(20)17-9-10-2-4-11(5-3-10)14(18)19/h2-5,12-13H,6-9H2,1H3,(H,17,20)(H,18,19). The van der Waals surface area contributed by atoms with Gasteiger partial charge in [0, 0.05) is 6.54 Å². The van der Waals surface area contributed by atoms with Crippen LogP contribution in [0.5, 0.6) is 0 Å². The maximum Gasteiger partial charge on any atom is 0.335 e. The van der Waals surface area contributed by atoms with E-state index >= 15 is 0 Å². The van der Waals surface area contributed by atoms with Gasteiger partial charge in [-0.3, -0.25) is 4.79 Å². The lowest BCUT2D eigenvalue weighted by molar-refractivity contribution is -0.133. The summed E-state index contributed by atoms with van der Waals surface area (Å²) in [6, 6.07) is 6.55. The molecule has 0 spiro atoms. The van der Waals surface area contributed by atoms with Crippen molar-refractivity contribution in [3.8, 4) is 0 Å². The van der Waals surface area contributed by atoms with Gasteiger partial charge in [-0.2, -0.15) is 0 Å². The molecule has 2 N–H and O–H groups in total. The molecule has 1 aromatic carbocycles. The van der Waals surface area contributed by atoms with Gasteiger partial charge in [-0.25, -0.2) is 4.79 Å². The SMILES string of the molecule is CC1(C(=O)NCc2ccc(C(=O)O)cc2)CC2CCC1O2. The predicted octanol–water partition coefficient (Wildman–Crippen LogP) is 1.96. The fraction of sp³-hybridized carbons (Fsp3) is 0.500. The number of fused-ring (bicyclic) bond motifs is 2. The van der Waals surface area contributed by atoms with Crippen molar-refractivity contribution in [1.82, 2.24) is 5.32 Å². The quantitative estimate of drug-likeness (QED) is 0.888. The highest BCUT2D eigenvalue weighted by Gasteiger charge is 2.53. The normalized spacial score (nSPS) is 30.3. The zero-order chi connectivity index (χ0) is 15.0. The molecule has 3 unspecified atom stereocenters. The number of carbonyl (C=O) groups excluding carboxylic acids is 1. The van der Waals surface area contributed by atoms with Crippen molar-refractivity contribution in [3.63, 3.8) is 0 Å². The average Bonchev–Trinajstić information content (AvgIpc) is 3.06. The van der Waals surface area contributed by atoms with Gasteiger partial charge in [0.15, 0.2) is 0 Å². The second kappa shape index (κ2) is 5.15. The lowest BCUT2D eigenvalue weighted by atomic mass is 9.75. The van der Waals surface area contributed by atoms with Gasteiger partial charge in [-0.1, -0.05) is 12.1 Å². The number of hydrogen-bond acceptors (Lipinski definition) is 3. The molecule has 2 fully saturated rings. The van der Waals surface area contributed by atoms with Crippen LogP contribution in [0.15, 0.2) is 24.3 Å². The molecule has 0 aliphatic carbocycles. The van der Waals surface area contributed by atoms with Gasteiger partial charge in [0.2, 0.25) is 5.91 Å². The third kappa shape index (κ3) is 2.53. The van der Waals surface area contributed by atoms with Crippen molar-refractivity contribution in [2.45, 2.75) is 44.9 Å². The van der Waals surface area contributed by atoms with Crippen LogP contribution in [0.25, 0.3) is 0 Å². The molecule has 2 heterocycles. The first-order valence-corrected chi connectivity index (χ1v) is 7.25. The van der Waals surface area contributed by atoms with Crippen LogP contribution in [0, 0.1) is 5.41 Å². The first-order chi connectivity index (χ1) is 9.99. The van der Waals surface area contributed by atoms with E-state index < -0.39 is 11.4 Å². The van der Waals surface area contributed by atoms with Crippen LogP contribution in [-0.2, 0) is 16.1 Å². The summed E-state index contributed by atoms with van der Waals surface area (Å²) in [5.74, 6) is -0.922. The second-order valence-corrected chi connectivity index (χ2v) is 6.13. The van der Waals surface area contributed by atoms with Crippen molar-refractivity contribution < 1.29 is 19.4 Å². The summed E-state index contributed by atoms with van der Waals surface area (Å²) < 4.78 is 5.78. The Bertz CT molecular complexity index is 568. The summed E-state index contributed by atoms with van der Waals surface area (Å²) in [5, 5.41) is 11.8. The molecule has 0 radical (unpaired) electrons. The number of carboxylic acids is 1. The molecule has 1 aromatic rings. The van der Waals surface area contributed by atoms with Crippen LogP contribution < -0.4 is 5.32 Å². The fourth-order valence-corrected chi connectivity index (χ4v) is 3.32. The van der Waals surface area contributed by atoms with Crippen molar-refractivity contribution in [2.24, 2.45) is 5.41 Å². The Balaban J connectivity index is 1.60. The van der Waals surface area contributed by atoms with E-state index in [1.54, 1.807) is 24.3 Å². The lowest BCUT2D eigenvalue weighted by Gasteiger charge is -2.29. The Labute approximate surface area is 123 Å². The number of amides is 1. The molecule has 0 saturated carbocycles. The highest BCUT2D eigenvalue weighted by Crippen LogP contribution is 2.47. The summed E-state index contributed by atoms with van der Waals surface area (Å²) in [7, 11) is 0. The zero-order valence-electron chi connectivity index (χ0n) is 12.0. The van der Waals surface area contributed by atoms with Crippen molar-refractivity contribution in [1.29, 1.82) is 0 Å². The lowest BCUT2D eigenvalue weighted by Crippen LogP contribution is -2.44. The van der Waals surface area contributed by atoms with E-state index in [0.29, 0.717) is 6.54 Å². The highest BCUT2D eigenvalue weighted by atomic mass is 16.5. The van der Waals surface area contributed by atoms with Gasteiger partial charge < -0.3 is 15.2 Å². The van der Waals surface area contributed by atoms with Crippen molar-refractivity contribution in [2.75, 3.05) is 0 Å². The summed E-state index contributed by atoms with van der Waals surface area (Å²) in [4.78, 5) is 23.2. The molecule has 21 heavy (non-hydrogen) atoms. The van der Waals surface area contributed by atoms with Gasteiger partial charge in [-0.15, -0.1) is 0 Å². The number of rotatable bonds is 4. The molecule has 112 valence electrons. The van der Waals surface area contributed by atoms with E-state index in [1.165, 1.54) is 0 Å². The average molecular weight is 289 g/mol. The summed E-state index contributed by atoms with van der Waals surface area (Å²) in [6.07, 6.45) is 3.09. The number of carbonyl (C=O) groups is 2. The smallest absolute Gasteiger partial charge is 0.335 e. The third-order valence-corrected chi connectivity index (χ3v) is 4.64. The maximum atomic E-state index is 12.4. The minimum atomic E-state index is -0.947. The molecule has 2 bridgehead atoms. The fourth-order valence-electron chi connectivity index (χ4n) is 3.32. The van der Waals surface area contributed by atoms with Gasteiger partial charge in [0.1, 0.15) is 0 Å². The topological polar surface area (TPSA) is 75.6 Å². The van der Waals surface area contributed by atoms with E-state index in [2.05, 4.69) is 5.32 Å². The molecular weight excluding hydrogens is 270 g/mol. The number of nitrogens with one attached hydrogen (secondary N) is 1. The van der Waals surface area contributed by atoms with Gasteiger partial charge in [-0.05, 0) is 43.9 Å². The van der Waals surface area contributed by atoms with E-state index in [4.69, 9.17) is 9.84 Å². The van der Waals surface area contributed by atoms with E-state index in [-0.39, 0.29) is 23.7 Å². The highest BCUT2D eigenvalue weighted by molar-refractivity contribution is 5.87. The molecule has 2 saturated heterocycles. The molecule has 5 heteroatoms. The minimum Gasteiger partial charge on any atom is -0.478 e. The molecular formula is C16H19NO4. The molecule has 2 aliphatic rings. The predicted molar refractivity (Wildman–Crippen MR) is 75.9 cm³/mol. The third-order valence-electron chi connectivity index (χ3n) is 4.64. The summed E-state index contributed by atoms with van der Waals surface area (Å²) in [6.45, 7) is 2.38. The van der Waals surface area contributed by atoms with Crippen LogP contribution >= 0.6 is 0 Å². The number of ether oxygens (including phenoxy) is 1. The molecule has 5 nitrogen and oxygen atoms in total. The van der Waals surface area contributed by atoms with E-state index in [1.807, 2.05) is 6.92 Å². The van der Waals surface area contributed by atoms with Crippen molar-refractivity contribution in [3.05, 3.63) is 35.4 Å². The van der Waals surface area contributed by atoms with Gasteiger partial charge in [0.05, 0.1) is 23.2 Å². The van der Waals surface area contributed by atoms with Crippen LogP contribution in [0.1, 0.15) is 42.1 Å². The Morgan fingerprint density at radius 1 is 1.33 bits per heavy atom. The Morgan fingerprint density at radius 2 is 2.05 bits per heavy atom. The molecule has 2 aliphatic heterocycles. The Kier molecular flexibility index (Phi) is 3.45. The second-order valence-electron chi connectivity index (χ2n) is 6.13. The molecule has 0 aromatic heterocycles. The number of aromatic carboxylic acids is 1. The maximum absolute atomic E-state index is 12.4. The summed E-state index contributed by atoms with van der Waals surface area (Å²) in [5.41, 5.74) is 0.712. The van der Waals surface area contributed by atoms with Crippen LogP contribution in [0.4, 0.5) is 0 Å². The van der Waals surface area contributed by atoms with Crippen molar-refractivity contribution >= 4 is 11.9 Å². The number of carboxylic acid groups (broad SMARTS) is 1. The zero-order valence-corrected chi connectivity index (χ0v) is 12.0. The largest absolute Gasteiger partial charge is 0.478 e. The molecule has 3 rings (SSSR count). The first-order valence-electron chi connectivity index (χ1n) is 7.25. The van der Waals surface area contributed by atoms with Crippen LogP contribution in [0.3, 0.4) is 0 Å². The summed E-state index contributed by atoms with van der Waals surface area (Å²) >= 11 is 0. The number of benzene rings is 1. The number of hydrogen-bond donors (Lipinski definition) is 2. The monoisotopic (exact) mass is 289 g/mol. The first kappa shape index (κ1) is 14.1. The van der Waals surface area contributed by atoms with E-state index in [9.17, 15) is 9.59 Å². The minimum absolute atomic E-state index is 0.0250. The van der Waals surface area contributed by atoms with Gasteiger partial charge in [0.25, 0.3) is 0 Å². The Hall–Kier alpha value is -1.88. The Morgan fingerprint density at radius 3 is 2.57 bits per heavy atom. The molecule has 1 amide bonds. The van der Waals surface area contributed by atoms with Gasteiger partial charge >= 0.3 is 5.97 Å². The molecule has 3 atom stereocenters. The van der Waals surface area contributed by atoms with Crippen LogP contribution in [-0.4, -0.2) is 29.2 Å². The van der Waals surface area contributed by atoms with Crippen LogP contribution in [0.2, 0.25) is 0 Å². The van der Waals surface area contributed by atoms with E-state index in [0.717, 1.165) is 24.8 Å².